The zero-order valence-electron chi connectivity index (χ0n) is 11.5. The number of carbonyl (C=O) groups excluding carboxylic acids is 1. The molecule has 1 aliphatic heterocycles. The molecule has 2 heterocycles. The van der Waals surface area contributed by atoms with Crippen LogP contribution in [0.2, 0.25) is 0 Å². The molecule has 5 nitrogen and oxygen atoms in total. The summed E-state index contributed by atoms with van der Waals surface area (Å²) in [7, 11) is 0. The van der Waals surface area contributed by atoms with E-state index < -0.39 is 4.92 Å². The van der Waals surface area contributed by atoms with Crippen molar-refractivity contribution in [2.75, 3.05) is 11.4 Å². The summed E-state index contributed by atoms with van der Waals surface area (Å²) >= 11 is 1.21. The van der Waals surface area contributed by atoms with Gasteiger partial charge in [-0.05, 0) is 24.5 Å². The monoisotopic (exact) mass is 302 g/mol. The fourth-order valence-electron chi connectivity index (χ4n) is 2.57. The molecule has 1 aromatic carbocycles. The summed E-state index contributed by atoms with van der Waals surface area (Å²) in [5.41, 5.74) is 2.51. The maximum Gasteiger partial charge on any atom is 0.304 e. The molecule has 0 radical (unpaired) electrons. The molecule has 0 aliphatic carbocycles. The number of nitrogens with zero attached hydrogens (tertiary/aromatic N) is 2. The zero-order valence-corrected chi connectivity index (χ0v) is 12.4. The van der Waals surface area contributed by atoms with Crippen molar-refractivity contribution in [1.82, 2.24) is 0 Å². The van der Waals surface area contributed by atoms with Crippen LogP contribution in [0.4, 0.5) is 10.7 Å². The van der Waals surface area contributed by atoms with Crippen molar-refractivity contribution in [1.29, 1.82) is 0 Å². The van der Waals surface area contributed by atoms with Gasteiger partial charge in [0.05, 0.1) is 9.80 Å². The molecule has 2 aromatic rings. The Morgan fingerprint density at radius 2 is 2.05 bits per heavy atom. The molecule has 0 saturated heterocycles. The standard InChI is InChI=1S/C15H14N2O3S/c1-10(18)14-8-13(17(19)20)15(21-14)16-7-6-11-4-2-3-5-12(11)9-16/h2-5,8H,6-7,9H2,1H3. The van der Waals surface area contributed by atoms with E-state index in [2.05, 4.69) is 6.07 Å². The van der Waals surface area contributed by atoms with E-state index in [0.717, 1.165) is 13.0 Å². The van der Waals surface area contributed by atoms with Gasteiger partial charge in [-0.1, -0.05) is 24.3 Å². The third kappa shape index (κ3) is 2.54. The molecule has 1 aromatic heterocycles. The molecule has 108 valence electrons. The summed E-state index contributed by atoms with van der Waals surface area (Å²) < 4.78 is 0. The highest BCUT2D eigenvalue weighted by atomic mass is 32.1. The topological polar surface area (TPSA) is 63.4 Å². The molecule has 0 N–H and O–H groups in total. The van der Waals surface area contributed by atoms with Gasteiger partial charge in [-0.15, -0.1) is 11.3 Å². The Kier molecular flexibility index (Phi) is 3.47. The highest BCUT2D eigenvalue weighted by Gasteiger charge is 2.27. The fourth-order valence-corrected chi connectivity index (χ4v) is 3.62. The van der Waals surface area contributed by atoms with Crippen molar-refractivity contribution in [2.24, 2.45) is 0 Å². The quantitative estimate of drug-likeness (QED) is 0.495. The highest BCUT2D eigenvalue weighted by Crippen LogP contribution is 2.39. The predicted octanol–water partition coefficient (Wildman–Crippen LogP) is 3.42. The van der Waals surface area contributed by atoms with Gasteiger partial charge in [-0.2, -0.15) is 0 Å². The summed E-state index contributed by atoms with van der Waals surface area (Å²) in [5, 5.41) is 11.8. The second-order valence-electron chi connectivity index (χ2n) is 5.05. The maximum atomic E-state index is 11.5. The molecule has 0 atom stereocenters. The van der Waals surface area contributed by atoms with Crippen molar-refractivity contribution < 1.29 is 9.72 Å². The summed E-state index contributed by atoms with van der Waals surface area (Å²) in [6, 6.07) is 9.52. The van der Waals surface area contributed by atoms with Crippen LogP contribution in [0.5, 0.6) is 0 Å². The van der Waals surface area contributed by atoms with Crippen LogP contribution in [-0.2, 0) is 13.0 Å². The van der Waals surface area contributed by atoms with Gasteiger partial charge in [-0.3, -0.25) is 14.9 Å². The molecule has 0 unspecified atom stereocenters. The number of hydrogen-bond acceptors (Lipinski definition) is 5. The molecule has 0 amide bonds. The highest BCUT2D eigenvalue weighted by molar-refractivity contribution is 7.18. The van der Waals surface area contributed by atoms with E-state index in [1.54, 1.807) is 0 Å². The van der Waals surface area contributed by atoms with Crippen LogP contribution in [0.25, 0.3) is 0 Å². The van der Waals surface area contributed by atoms with Gasteiger partial charge in [0.15, 0.2) is 10.8 Å². The number of nitro groups is 1. The van der Waals surface area contributed by atoms with Gasteiger partial charge in [0.2, 0.25) is 0 Å². The van der Waals surface area contributed by atoms with Crippen molar-refractivity contribution in [3.63, 3.8) is 0 Å². The van der Waals surface area contributed by atoms with Crippen LogP contribution in [0.3, 0.4) is 0 Å². The number of ketones is 1. The zero-order chi connectivity index (χ0) is 15.0. The van der Waals surface area contributed by atoms with Gasteiger partial charge in [-0.25, -0.2) is 0 Å². The van der Waals surface area contributed by atoms with Gasteiger partial charge >= 0.3 is 5.69 Å². The predicted molar refractivity (Wildman–Crippen MR) is 82.2 cm³/mol. The summed E-state index contributed by atoms with van der Waals surface area (Å²) in [4.78, 5) is 24.7. The van der Waals surface area contributed by atoms with Crippen molar-refractivity contribution in [2.45, 2.75) is 19.9 Å². The Balaban J connectivity index is 1.98. The minimum atomic E-state index is -0.404. The Morgan fingerprint density at radius 3 is 2.71 bits per heavy atom. The lowest BCUT2D eigenvalue weighted by Crippen LogP contribution is -2.30. The average molecular weight is 302 g/mol. The number of Topliss-reactive ketones (excluding diaryl/α,β-unsaturated/α-hetero) is 1. The Morgan fingerprint density at radius 1 is 1.33 bits per heavy atom. The lowest BCUT2D eigenvalue weighted by Gasteiger charge is -2.28. The summed E-state index contributed by atoms with van der Waals surface area (Å²) in [6.07, 6.45) is 0.862. The number of hydrogen-bond donors (Lipinski definition) is 0. The average Bonchev–Trinajstić information content (AvgIpc) is 2.92. The maximum absolute atomic E-state index is 11.5. The number of fused-ring (bicyclic) bond motifs is 1. The lowest BCUT2D eigenvalue weighted by atomic mass is 10.0. The van der Waals surface area contributed by atoms with E-state index in [1.165, 1.54) is 35.5 Å². The summed E-state index contributed by atoms with van der Waals surface area (Å²) in [6.45, 7) is 2.81. The second kappa shape index (κ2) is 5.29. The van der Waals surface area contributed by atoms with Gasteiger partial charge in [0.1, 0.15) is 0 Å². The molecule has 6 heteroatoms. The number of benzene rings is 1. The molecule has 0 saturated carbocycles. The number of carbonyl (C=O) groups is 1. The van der Waals surface area contributed by atoms with Crippen LogP contribution < -0.4 is 4.90 Å². The van der Waals surface area contributed by atoms with Crippen molar-refractivity contribution in [3.8, 4) is 0 Å². The summed E-state index contributed by atoms with van der Waals surface area (Å²) in [5.74, 6) is -0.133. The number of rotatable bonds is 3. The normalized spacial score (nSPS) is 13.9. The molecular weight excluding hydrogens is 288 g/mol. The van der Waals surface area contributed by atoms with E-state index >= 15 is 0 Å². The largest absolute Gasteiger partial charge is 0.353 e. The molecule has 0 bridgehead atoms. The van der Waals surface area contributed by atoms with E-state index in [9.17, 15) is 14.9 Å². The Hall–Kier alpha value is -2.21. The van der Waals surface area contributed by atoms with E-state index in [-0.39, 0.29) is 11.5 Å². The van der Waals surface area contributed by atoms with Crippen molar-refractivity contribution >= 4 is 27.8 Å². The van der Waals surface area contributed by atoms with Gasteiger partial charge in [0.25, 0.3) is 0 Å². The van der Waals surface area contributed by atoms with Crippen LogP contribution >= 0.6 is 11.3 Å². The lowest BCUT2D eigenvalue weighted by molar-refractivity contribution is -0.383. The van der Waals surface area contributed by atoms with E-state index in [1.807, 2.05) is 23.1 Å². The minimum Gasteiger partial charge on any atom is -0.353 e. The third-order valence-electron chi connectivity index (χ3n) is 3.66. The molecule has 21 heavy (non-hydrogen) atoms. The minimum absolute atomic E-state index is 0.0320. The van der Waals surface area contributed by atoms with Gasteiger partial charge in [0, 0.05) is 19.2 Å². The SMILES string of the molecule is CC(=O)c1cc([N+](=O)[O-])c(N2CCc3ccccc3C2)s1. The molecule has 0 fully saturated rings. The van der Waals surface area contributed by atoms with Crippen LogP contribution in [-0.4, -0.2) is 17.3 Å². The molecular formula is C15H14N2O3S. The van der Waals surface area contributed by atoms with Gasteiger partial charge < -0.3 is 4.90 Å². The second-order valence-corrected chi connectivity index (χ2v) is 6.09. The first-order valence-electron chi connectivity index (χ1n) is 6.67. The third-order valence-corrected chi connectivity index (χ3v) is 4.94. The van der Waals surface area contributed by atoms with E-state index in [4.69, 9.17) is 0 Å². The van der Waals surface area contributed by atoms with Crippen molar-refractivity contribution in [3.05, 3.63) is 56.5 Å². The molecule has 0 spiro atoms. The van der Waals surface area contributed by atoms with Crippen LogP contribution in [0.15, 0.2) is 30.3 Å². The first-order chi connectivity index (χ1) is 10.1. The number of thiophene rings is 1. The molecule has 3 rings (SSSR count). The van der Waals surface area contributed by atoms with Crippen LogP contribution in [0.1, 0.15) is 27.7 Å². The van der Waals surface area contributed by atoms with E-state index in [0.29, 0.717) is 16.4 Å². The smallest absolute Gasteiger partial charge is 0.304 e. The fraction of sp³-hybridized carbons (Fsp3) is 0.267. The first-order valence-corrected chi connectivity index (χ1v) is 7.49. The molecule has 1 aliphatic rings. The Bertz CT molecular complexity index is 723. The Labute approximate surface area is 126 Å². The number of anilines is 1. The first kappa shape index (κ1) is 13.8. The van der Waals surface area contributed by atoms with Crippen LogP contribution in [0, 0.1) is 10.1 Å².